The first-order chi connectivity index (χ1) is 11.1. The van der Waals surface area contributed by atoms with Gasteiger partial charge < -0.3 is 14.5 Å². The molecule has 0 saturated carbocycles. The van der Waals surface area contributed by atoms with Crippen molar-refractivity contribution in [2.75, 3.05) is 19.8 Å². The highest BCUT2D eigenvalue weighted by Gasteiger charge is 2.25. The maximum atomic E-state index is 12.4. The maximum Gasteiger partial charge on any atom is 0.223 e. The summed E-state index contributed by atoms with van der Waals surface area (Å²) in [6.07, 6.45) is 3.22. The van der Waals surface area contributed by atoms with Crippen LogP contribution in [0.4, 0.5) is 0 Å². The molecular formula is C17H23N3O3. The molecule has 1 aliphatic rings. The van der Waals surface area contributed by atoms with Gasteiger partial charge in [-0.15, -0.1) is 0 Å². The first-order valence-electron chi connectivity index (χ1n) is 8.07. The van der Waals surface area contributed by atoms with E-state index in [2.05, 4.69) is 10.4 Å². The molecular weight excluding hydrogens is 294 g/mol. The average Bonchev–Trinajstić information content (AvgIpc) is 3.19. The molecule has 1 N–H and O–H groups in total. The van der Waals surface area contributed by atoms with Gasteiger partial charge in [-0.2, -0.15) is 5.10 Å². The molecule has 3 rings (SSSR count). The number of aryl methyl sites for hydroxylation is 2. The Labute approximate surface area is 135 Å². The van der Waals surface area contributed by atoms with Gasteiger partial charge >= 0.3 is 0 Å². The number of furan rings is 1. The number of hydrogen-bond donors (Lipinski definition) is 1. The van der Waals surface area contributed by atoms with Gasteiger partial charge in [0, 0.05) is 31.4 Å². The predicted octanol–water partition coefficient (Wildman–Crippen LogP) is 2.23. The second-order valence-corrected chi connectivity index (χ2v) is 6.03. The van der Waals surface area contributed by atoms with Crippen molar-refractivity contribution in [2.45, 2.75) is 32.7 Å². The van der Waals surface area contributed by atoms with Crippen LogP contribution in [-0.4, -0.2) is 35.4 Å². The van der Waals surface area contributed by atoms with Crippen LogP contribution >= 0.6 is 0 Å². The average molecular weight is 317 g/mol. The van der Waals surface area contributed by atoms with Crippen molar-refractivity contribution in [3.63, 3.8) is 0 Å². The lowest BCUT2D eigenvalue weighted by Gasteiger charge is -2.23. The third kappa shape index (κ3) is 3.64. The van der Waals surface area contributed by atoms with E-state index in [1.54, 1.807) is 6.26 Å². The van der Waals surface area contributed by atoms with Crippen LogP contribution in [0.3, 0.4) is 0 Å². The number of amides is 1. The number of ether oxygens (including phenoxy) is 1. The number of hydrogen-bond acceptors (Lipinski definition) is 4. The lowest BCUT2D eigenvalue weighted by Crippen LogP contribution is -2.38. The van der Waals surface area contributed by atoms with Crippen LogP contribution in [0, 0.1) is 19.8 Å². The maximum absolute atomic E-state index is 12.4. The Morgan fingerprint density at radius 2 is 2.22 bits per heavy atom. The minimum atomic E-state index is -0.137. The molecule has 0 aliphatic carbocycles. The molecule has 1 unspecified atom stereocenters. The van der Waals surface area contributed by atoms with Crippen molar-refractivity contribution in [3.8, 4) is 0 Å². The van der Waals surface area contributed by atoms with Crippen LogP contribution in [0.1, 0.15) is 36.0 Å². The fourth-order valence-electron chi connectivity index (χ4n) is 3.05. The monoisotopic (exact) mass is 317 g/mol. The number of carbonyl (C=O) groups excluding carboxylic acids is 1. The molecule has 1 fully saturated rings. The van der Waals surface area contributed by atoms with Gasteiger partial charge in [0.05, 0.1) is 12.0 Å². The van der Waals surface area contributed by atoms with E-state index in [-0.39, 0.29) is 17.9 Å². The van der Waals surface area contributed by atoms with E-state index in [1.165, 1.54) is 0 Å². The highest BCUT2D eigenvalue weighted by molar-refractivity contribution is 5.78. The van der Waals surface area contributed by atoms with Gasteiger partial charge in [0.1, 0.15) is 11.8 Å². The predicted molar refractivity (Wildman–Crippen MR) is 85.1 cm³/mol. The number of nitrogens with zero attached hydrogens (tertiary/aromatic N) is 2. The first kappa shape index (κ1) is 15.8. The van der Waals surface area contributed by atoms with E-state index in [1.807, 2.05) is 36.7 Å². The second kappa shape index (κ2) is 7.00. The number of aromatic nitrogens is 2. The molecule has 124 valence electrons. The van der Waals surface area contributed by atoms with Crippen LogP contribution in [0.15, 0.2) is 28.9 Å². The van der Waals surface area contributed by atoms with Crippen LogP contribution in [0.25, 0.3) is 0 Å². The summed E-state index contributed by atoms with van der Waals surface area (Å²) < 4.78 is 12.8. The van der Waals surface area contributed by atoms with E-state index in [0.717, 1.165) is 30.0 Å². The van der Waals surface area contributed by atoms with Gasteiger partial charge in [-0.3, -0.25) is 9.48 Å². The molecule has 6 nitrogen and oxygen atoms in total. The molecule has 1 amide bonds. The van der Waals surface area contributed by atoms with E-state index in [9.17, 15) is 4.79 Å². The highest BCUT2D eigenvalue weighted by atomic mass is 16.5. The van der Waals surface area contributed by atoms with Crippen molar-refractivity contribution >= 4 is 5.91 Å². The third-order valence-corrected chi connectivity index (χ3v) is 4.27. The minimum absolute atomic E-state index is 0.0430. The highest BCUT2D eigenvalue weighted by Crippen LogP contribution is 2.21. The van der Waals surface area contributed by atoms with Crippen LogP contribution < -0.4 is 5.32 Å². The summed E-state index contributed by atoms with van der Waals surface area (Å²) in [4.78, 5) is 12.4. The summed E-state index contributed by atoms with van der Waals surface area (Å²) in [5.74, 6) is 0.927. The normalized spacial score (nSPS) is 17.1. The molecule has 1 aliphatic heterocycles. The third-order valence-electron chi connectivity index (χ3n) is 4.27. The zero-order valence-electron chi connectivity index (χ0n) is 13.6. The van der Waals surface area contributed by atoms with Gasteiger partial charge in [-0.1, -0.05) is 0 Å². The lowest BCUT2D eigenvalue weighted by atomic mass is 9.99. The molecule has 23 heavy (non-hydrogen) atoms. The fraction of sp³-hybridized carbons (Fsp3) is 0.529. The van der Waals surface area contributed by atoms with Gasteiger partial charge in [0.2, 0.25) is 5.91 Å². The van der Waals surface area contributed by atoms with Gasteiger partial charge in [0.15, 0.2) is 0 Å². The summed E-state index contributed by atoms with van der Waals surface area (Å²) in [5.41, 5.74) is 2.00. The SMILES string of the molecule is Cc1cc(C)n(C(CNC(=O)C2CCOCC2)c2ccco2)n1. The van der Waals surface area contributed by atoms with Crippen molar-refractivity contribution in [3.05, 3.63) is 41.6 Å². The largest absolute Gasteiger partial charge is 0.467 e. The van der Waals surface area contributed by atoms with Gasteiger partial charge in [0.25, 0.3) is 0 Å². The van der Waals surface area contributed by atoms with E-state index < -0.39 is 0 Å². The molecule has 3 heterocycles. The van der Waals surface area contributed by atoms with Gasteiger partial charge in [-0.05, 0) is 44.9 Å². The Bertz CT molecular complexity index is 642. The molecule has 1 saturated heterocycles. The summed E-state index contributed by atoms with van der Waals surface area (Å²) in [6.45, 7) is 5.76. The second-order valence-electron chi connectivity index (χ2n) is 6.03. The molecule has 0 bridgehead atoms. The quantitative estimate of drug-likeness (QED) is 0.918. The molecule has 0 radical (unpaired) electrons. The zero-order valence-corrected chi connectivity index (χ0v) is 13.6. The van der Waals surface area contributed by atoms with Crippen LogP contribution in [0.5, 0.6) is 0 Å². The summed E-state index contributed by atoms with van der Waals surface area (Å²) in [5, 5.41) is 7.60. The standard InChI is InChI=1S/C17H23N3O3/c1-12-10-13(2)20(19-12)15(16-4-3-7-23-16)11-18-17(21)14-5-8-22-9-6-14/h3-4,7,10,14-15H,5-6,8-9,11H2,1-2H3,(H,18,21). The van der Waals surface area contributed by atoms with Crippen LogP contribution in [0.2, 0.25) is 0 Å². The molecule has 2 aromatic rings. The molecule has 1 atom stereocenters. The smallest absolute Gasteiger partial charge is 0.223 e. The van der Waals surface area contributed by atoms with E-state index >= 15 is 0 Å². The lowest BCUT2D eigenvalue weighted by molar-refractivity contribution is -0.127. The Hall–Kier alpha value is -2.08. The summed E-state index contributed by atoms with van der Waals surface area (Å²) in [7, 11) is 0. The van der Waals surface area contributed by atoms with Crippen molar-refractivity contribution in [2.24, 2.45) is 5.92 Å². The van der Waals surface area contributed by atoms with E-state index in [4.69, 9.17) is 9.15 Å². The van der Waals surface area contributed by atoms with Crippen molar-refractivity contribution in [1.29, 1.82) is 0 Å². The molecule has 6 heteroatoms. The van der Waals surface area contributed by atoms with Gasteiger partial charge in [-0.25, -0.2) is 0 Å². The summed E-state index contributed by atoms with van der Waals surface area (Å²) in [6, 6.07) is 5.66. The van der Waals surface area contributed by atoms with Crippen LogP contribution in [-0.2, 0) is 9.53 Å². The molecule has 0 aromatic carbocycles. The Morgan fingerprint density at radius 3 is 2.83 bits per heavy atom. The molecule has 2 aromatic heterocycles. The van der Waals surface area contributed by atoms with E-state index in [0.29, 0.717) is 19.8 Å². The number of nitrogens with one attached hydrogen (secondary N) is 1. The topological polar surface area (TPSA) is 69.3 Å². The number of rotatable bonds is 5. The fourth-order valence-corrected chi connectivity index (χ4v) is 3.05. The number of carbonyl (C=O) groups is 1. The van der Waals surface area contributed by atoms with Crippen molar-refractivity contribution in [1.82, 2.24) is 15.1 Å². The minimum Gasteiger partial charge on any atom is -0.467 e. The Balaban J connectivity index is 1.72. The molecule has 0 spiro atoms. The van der Waals surface area contributed by atoms with Crippen molar-refractivity contribution < 1.29 is 13.9 Å². The summed E-state index contributed by atoms with van der Waals surface area (Å²) >= 11 is 0. The Morgan fingerprint density at radius 1 is 1.43 bits per heavy atom. The Kier molecular flexibility index (Phi) is 4.81. The zero-order chi connectivity index (χ0) is 16.2. The first-order valence-corrected chi connectivity index (χ1v) is 8.07.